The molecule has 7 nitrogen and oxygen atoms in total. The summed E-state index contributed by atoms with van der Waals surface area (Å²) in [6.07, 6.45) is 5.72. The van der Waals surface area contributed by atoms with Crippen molar-refractivity contribution in [3.05, 3.63) is 48.3 Å². The molecule has 2 aromatic heterocycles. The van der Waals surface area contributed by atoms with Gasteiger partial charge in [-0.1, -0.05) is 12.6 Å². The highest BCUT2D eigenvalue weighted by molar-refractivity contribution is 5.87. The lowest BCUT2D eigenvalue weighted by Crippen LogP contribution is -2.52. The molecule has 4 rings (SSSR count). The maximum Gasteiger partial charge on any atom is 0.246 e. The van der Waals surface area contributed by atoms with Gasteiger partial charge in [0.15, 0.2) is 5.82 Å². The van der Waals surface area contributed by atoms with E-state index in [0.717, 1.165) is 56.7 Å². The Morgan fingerprint density at radius 3 is 2.77 bits per heavy atom. The van der Waals surface area contributed by atoms with Crippen LogP contribution in [0.2, 0.25) is 0 Å². The van der Waals surface area contributed by atoms with E-state index in [2.05, 4.69) is 21.6 Å². The van der Waals surface area contributed by atoms with Crippen molar-refractivity contribution >= 4 is 5.91 Å². The van der Waals surface area contributed by atoms with Gasteiger partial charge in [-0.25, -0.2) is 4.98 Å². The number of aromatic hydroxyl groups is 1. The Kier molecular flexibility index (Phi) is 4.46. The van der Waals surface area contributed by atoms with E-state index in [1.807, 2.05) is 23.1 Å². The van der Waals surface area contributed by atoms with Gasteiger partial charge in [0.1, 0.15) is 0 Å². The van der Waals surface area contributed by atoms with Crippen molar-refractivity contribution in [1.82, 2.24) is 24.6 Å². The van der Waals surface area contributed by atoms with Gasteiger partial charge >= 0.3 is 0 Å². The van der Waals surface area contributed by atoms with Crippen LogP contribution in [0.4, 0.5) is 0 Å². The Morgan fingerprint density at radius 2 is 2.08 bits per heavy atom. The Balaban J connectivity index is 1.48. The molecule has 136 valence electrons. The molecule has 2 aromatic rings. The Hall–Kier alpha value is -2.67. The topological polar surface area (TPSA) is 74.5 Å². The van der Waals surface area contributed by atoms with Crippen LogP contribution in [0.3, 0.4) is 0 Å². The standard InChI is InChI=1S/C19H23N5O2/c1-2-18(25)23-11-9-22(10-12-23)14-6-7-16-15(13-14)19(26)24(21-16)17-5-3-4-8-20-17/h2-5,8,14,26H,1,6-7,9-13H2. The lowest BCUT2D eigenvalue weighted by Gasteiger charge is -2.40. The molecule has 1 unspecified atom stereocenters. The first-order valence-electron chi connectivity index (χ1n) is 9.04. The number of pyridine rings is 1. The molecule has 1 atom stereocenters. The van der Waals surface area contributed by atoms with E-state index in [0.29, 0.717) is 11.9 Å². The number of piperazine rings is 1. The molecular formula is C19H23N5O2. The molecule has 7 heteroatoms. The highest BCUT2D eigenvalue weighted by Gasteiger charge is 2.32. The summed E-state index contributed by atoms with van der Waals surface area (Å²) < 4.78 is 1.54. The molecule has 0 aromatic carbocycles. The van der Waals surface area contributed by atoms with E-state index < -0.39 is 0 Å². The van der Waals surface area contributed by atoms with Crippen LogP contribution >= 0.6 is 0 Å². The molecule has 1 fully saturated rings. The molecule has 1 aliphatic heterocycles. The van der Waals surface area contributed by atoms with E-state index in [-0.39, 0.29) is 11.8 Å². The van der Waals surface area contributed by atoms with E-state index in [1.165, 1.54) is 10.8 Å². The molecule has 1 aliphatic carbocycles. The van der Waals surface area contributed by atoms with Crippen LogP contribution in [0.25, 0.3) is 5.82 Å². The molecule has 0 radical (unpaired) electrons. The minimum Gasteiger partial charge on any atom is -0.493 e. The van der Waals surface area contributed by atoms with E-state index in [4.69, 9.17) is 0 Å². The zero-order chi connectivity index (χ0) is 18.1. The molecule has 26 heavy (non-hydrogen) atoms. The predicted octanol–water partition coefficient (Wildman–Crippen LogP) is 1.16. The van der Waals surface area contributed by atoms with Crippen molar-refractivity contribution in [3.8, 4) is 11.7 Å². The third-order valence-corrected chi connectivity index (χ3v) is 5.38. The second-order valence-corrected chi connectivity index (χ2v) is 6.81. The third kappa shape index (κ3) is 2.99. The zero-order valence-electron chi connectivity index (χ0n) is 14.7. The molecule has 1 amide bonds. The summed E-state index contributed by atoms with van der Waals surface area (Å²) in [5, 5.41) is 15.2. The minimum absolute atomic E-state index is 0.00450. The fourth-order valence-corrected chi connectivity index (χ4v) is 3.92. The van der Waals surface area contributed by atoms with Gasteiger partial charge in [0, 0.05) is 44.0 Å². The highest BCUT2D eigenvalue weighted by Crippen LogP contribution is 2.32. The number of hydrogen-bond acceptors (Lipinski definition) is 5. The Bertz CT molecular complexity index is 809. The predicted molar refractivity (Wildman–Crippen MR) is 97.2 cm³/mol. The molecule has 1 N–H and O–H groups in total. The van der Waals surface area contributed by atoms with Crippen LogP contribution in [-0.4, -0.2) is 67.8 Å². The van der Waals surface area contributed by atoms with E-state index in [1.54, 1.807) is 6.20 Å². The van der Waals surface area contributed by atoms with Crippen LogP contribution in [0, 0.1) is 0 Å². The second kappa shape index (κ2) is 6.92. The van der Waals surface area contributed by atoms with Crippen molar-refractivity contribution in [3.63, 3.8) is 0 Å². The molecule has 0 bridgehead atoms. The molecule has 3 heterocycles. The SMILES string of the molecule is C=CC(=O)N1CCN(C2CCc3nn(-c4ccccn4)c(O)c3C2)CC1. The fraction of sp³-hybridized carbons (Fsp3) is 0.421. The summed E-state index contributed by atoms with van der Waals surface area (Å²) >= 11 is 0. The average Bonchev–Trinajstić information content (AvgIpc) is 3.04. The molecule has 0 saturated carbocycles. The van der Waals surface area contributed by atoms with E-state index in [9.17, 15) is 9.90 Å². The summed E-state index contributed by atoms with van der Waals surface area (Å²) in [7, 11) is 0. The van der Waals surface area contributed by atoms with Gasteiger partial charge in [-0.15, -0.1) is 0 Å². The van der Waals surface area contributed by atoms with Gasteiger partial charge in [-0.2, -0.15) is 9.78 Å². The summed E-state index contributed by atoms with van der Waals surface area (Å²) in [5.74, 6) is 0.834. The number of fused-ring (bicyclic) bond motifs is 1. The van der Waals surface area contributed by atoms with Crippen molar-refractivity contribution in [2.24, 2.45) is 0 Å². The minimum atomic E-state index is 0.00450. The van der Waals surface area contributed by atoms with Gasteiger partial charge < -0.3 is 10.0 Å². The highest BCUT2D eigenvalue weighted by atomic mass is 16.3. The van der Waals surface area contributed by atoms with E-state index >= 15 is 0 Å². The number of hydrogen-bond donors (Lipinski definition) is 1. The van der Waals surface area contributed by atoms with Crippen molar-refractivity contribution in [2.75, 3.05) is 26.2 Å². The van der Waals surface area contributed by atoms with Crippen LogP contribution in [-0.2, 0) is 17.6 Å². The van der Waals surface area contributed by atoms with Crippen LogP contribution in [0.1, 0.15) is 17.7 Å². The van der Waals surface area contributed by atoms with Gasteiger partial charge in [0.25, 0.3) is 0 Å². The normalized spacial score (nSPS) is 20.6. The van der Waals surface area contributed by atoms with Gasteiger partial charge in [-0.3, -0.25) is 9.69 Å². The Labute approximate surface area is 152 Å². The molecule has 2 aliphatic rings. The largest absolute Gasteiger partial charge is 0.493 e. The van der Waals surface area contributed by atoms with Gasteiger partial charge in [0.05, 0.1) is 5.69 Å². The zero-order valence-corrected chi connectivity index (χ0v) is 14.7. The van der Waals surface area contributed by atoms with Crippen LogP contribution < -0.4 is 0 Å². The number of carbonyl (C=O) groups excluding carboxylic acids is 1. The fourth-order valence-electron chi connectivity index (χ4n) is 3.92. The van der Waals surface area contributed by atoms with Crippen LogP contribution in [0.5, 0.6) is 5.88 Å². The second-order valence-electron chi connectivity index (χ2n) is 6.81. The number of carbonyl (C=O) groups is 1. The first-order valence-corrected chi connectivity index (χ1v) is 9.04. The summed E-state index contributed by atoms with van der Waals surface area (Å²) in [5.41, 5.74) is 1.89. The average molecular weight is 353 g/mol. The maximum atomic E-state index is 11.7. The third-order valence-electron chi connectivity index (χ3n) is 5.38. The smallest absolute Gasteiger partial charge is 0.246 e. The number of aryl methyl sites for hydroxylation is 1. The number of rotatable bonds is 3. The van der Waals surface area contributed by atoms with Gasteiger partial charge in [-0.05, 0) is 37.5 Å². The number of amides is 1. The monoisotopic (exact) mass is 353 g/mol. The van der Waals surface area contributed by atoms with Crippen molar-refractivity contribution < 1.29 is 9.90 Å². The lowest BCUT2D eigenvalue weighted by atomic mass is 9.91. The van der Waals surface area contributed by atoms with Crippen molar-refractivity contribution in [2.45, 2.75) is 25.3 Å². The van der Waals surface area contributed by atoms with Gasteiger partial charge in [0.2, 0.25) is 11.8 Å². The van der Waals surface area contributed by atoms with Crippen LogP contribution in [0.15, 0.2) is 37.1 Å². The van der Waals surface area contributed by atoms with Crippen molar-refractivity contribution in [1.29, 1.82) is 0 Å². The Morgan fingerprint density at radius 1 is 1.27 bits per heavy atom. The summed E-state index contributed by atoms with van der Waals surface area (Å²) in [6.45, 7) is 6.73. The first kappa shape index (κ1) is 16.8. The lowest BCUT2D eigenvalue weighted by molar-refractivity contribution is -0.128. The number of aromatic nitrogens is 3. The quantitative estimate of drug-likeness (QED) is 0.838. The summed E-state index contributed by atoms with van der Waals surface area (Å²) in [4.78, 5) is 20.3. The maximum absolute atomic E-state index is 11.7. The number of nitrogens with zero attached hydrogens (tertiary/aromatic N) is 5. The summed E-state index contributed by atoms with van der Waals surface area (Å²) in [6, 6.07) is 5.94. The molecular weight excluding hydrogens is 330 g/mol. The molecule has 1 saturated heterocycles. The molecule has 0 spiro atoms. The first-order chi connectivity index (χ1) is 12.7.